The highest BCUT2D eigenvalue weighted by Crippen LogP contribution is 2.35. The van der Waals surface area contributed by atoms with Gasteiger partial charge in [0.15, 0.2) is 0 Å². The van der Waals surface area contributed by atoms with Gasteiger partial charge in [-0.1, -0.05) is 6.42 Å². The Morgan fingerprint density at radius 1 is 1.32 bits per heavy atom. The van der Waals surface area contributed by atoms with Gasteiger partial charge >= 0.3 is 0 Å². The number of hydrogen-bond donors (Lipinski definition) is 2. The second-order valence-corrected chi connectivity index (χ2v) is 6.27. The number of fused-ring (bicyclic) bond motifs is 1. The Hall–Kier alpha value is -1.62. The molecule has 0 saturated heterocycles. The van der Waals surface area contributed by atoms with Gasteiger partial charge in [0.1, 0.15) is 11.6 Å². The third kappa shape index (κ3) is 3.09. The number of nitrogens with two attached hydrogens (primary N) is 1. The summed E-state index contributed by atoms with van der Waals surface area (Å²) < 4.78 is 19.2. The fourth-order valence-electron chi connectivity index (χ4n) is 3.64. The first-order chi connectivity index (χ1) is 10.7. The van der Waals surface area contributed by atoms with Gasteiger partial charge in [0.2, 0.25) is 5.91 Å². The monoisotopic (exact) mass is 306 g/mol. The average molecular weight is 306 g/mol. The topological polar surface area (TPSA) is 64.4 Å². The third-order valence-corrected chi connectivity index (χ3v) is 4.86. The fourth-order valence-corrected chi connectivity index (χ4v) is 3.64. The second-order valence-electron chi connectivity index (χ2n) is 6.27. The van der Waals surface area contributed by atoms with Crippen molar-refractivity contribution >= 4 is 5.91 Å². The molecule has 3 rings (SSSR count). The van der Waals surface area contributed by atoms with Crippen LogP contribution in [0.4, 0.5) is 4.39 Å². The predicted octanol–water partition coefficient (Wildman–Crippen LogP) is 2.53. The van der Waals surface area contributed by atoms with Crippen molar-refractivity contribution in [1.82, 2.24) is 5.32 Å². The molecule has 1 aromatic carbocycles. The minimum Gasteiger partial charge on any atom is -0.493 e. The molecule has 4 nitrogen and oxygen atoms in total. The summed E-state index contributed by atoms with van der Waals surface area (Å²) in [6, 6.07) is 4.33. The molecule has 1 aliphatic carbocycles. The van der Waals surface area contributed by atoms with Gasteiger partial charge in [0.05, 0.1) is 12.6 Å². The lowest BCUT2D eigenvalue weighted by molar-refractivity contribution is -0.126. The molecular formula is C17H23FN2O2. The van der Waals surface area contributed by atoms with Gasteiger partial charge in [-0.15, -0.1) is 0 Å². The van der Waals surface area contributed by atoms with Crippen molar-refractivity contribution in [3.8, 4) is 5.75 Å². The number of benzene rings is 1. The number of halogens is 1. The molecule has 3 atom stereocenters. The van der Waals surface area contributed by atoms with Crippen LogP contribution in [-0.2, 0) is 4.79 Å². The van der Waals surface area contributed by atoms with E-state index in [1.54, 1.807) is 6.07 Å². The molecule has 1 fully saturated rings. The van der Waals surface area contributed by atoms with Crippen molar-refractivity contribution in [3.05, 3.63) is 29.6 Å². The van der Waals surface area contributed by atoms with Crippen LogP contribution in [0.1, 0.15) is 43.7 Å². The average Bonchev–Trinajstić information content (AvgIpc) is 2.92. The Bertz CT molecular complexity index is 549. The lowest BCUT2D eigenvalue weighted by Gasteiger charge is -2.23. The van der Waals surface area contributed by atoms with Crippen LogP contribution in [0.2, 0.25) is 0 Å². The maximum atomic E-state index is 13.6. The Morgan fingerprint density at radius 3 is 3.00 bits per heavy atom. The lowest BCUT2D eigenvalue weighted by atomic mass is 9.94. The predicted molar refractivity (Wildman–Crippen MR) is 81.9 cm³/mol. The first-order valence-electron chi connectivity index (χ1n) is 8.11. The molecular weight excluding hydrogens is 283 g/mol. The summed E-state index contributed by atoms with van der Waals surface area (Å²) in [6.07, 6.45) is 4.58. The molecule has 1 amide bonds. The first kappa shape index (κ1) is 15.3. The van der Waals surface area contributed by atoms with E-state index in [2.05, 4.69) is 5.32 Å². The number of hydrogen-bond acceptors (Lipinski definition) is 3. The lowest BCUT2D eigenvalue weighted by Crippen LogP contribution is -2.37. The molecule has 0 spiro atoms. The van der Waals surface area contributed by atoms with Gasteiger partial charge in [-0.25, -0.2) is 4.39 Å². The van der Waals surface area contributed by atoms with Gasteiger partial charge in [-0.3, -0.25) is 4.79 Å². The maximum absolute atomic E-state index is 13.6. The summed E-state index contributed by atoms with van der Waals surface area (Å²) in [6.45, 7) is 1.15. The highest BCUT2D eigenvalue weighted by atomic mass is 19.1. The number of carbonyl (C=O) groups excluding carboxylic acids is 1. The van der Waals surface area contributed by atoms with Gasteiger partial charge < -0.3 is 15.8 Å². The zero-order chi connectivity index (χ0) is 15.5. The van der Waals surface area contributed by atoms with E-state index in [0.29, 0.717) is 18.9 Å². The molecule has 1 aliphatic heterocycles. The molecule has 5 heteroatoms. The van der Waals surface area contributed by atoms with Crippen molar-refractivity contribution < 1.29 is 13.9 Å². The Balaban J connectivity index is 1.77. The number of nitrogens with one attached hydrogen (secondary N) is 1. The van der Waals surface area contributed by atoms with E-state index in [-0.39, 0.29) is 29.6 Å². The van der Waals surface area contributed by atoms with Crippen molar-refractivity contribution in [2.24, 2.45) is 17.6 Å². The molecule has 3 N–H and O–H groups in total. The van der Waals surface area contributed by atoms with Gasteiger partial charge in [0, 0.05) is 11.5 Å². The third-order valence-electron chi connectivity index (χ3n) is 4.86. The molecule has 2 aliphatic rings. The van der Waals surface area contributed by atoms with Gasteiger partial charge in [0.25, 0.3) is 0 Å². The zero-order valence-electron chi connectivity index (χ0n) is 12.7. The number of amides is 1. The summed E-state index contributed by atoms with van der Waals surface area (Å²) in [5.41, 5.74) is 6.51. The molecule has 0 radical (unpaired) electrons. The largest absolute Gasteiger partial charge is 0.493 e. The smallest absolute Gasteiger partial charge is 0.223 e. The molecule has 22 heavy (non-hydrogen) atoms. The van der Waals surface area contributed by atoms with E-state index in [9.17, 15) is 9.18 Å². The van der Waals surface area contributed by atoms with Crippen molar-refractivity contribution in [1.29, 1.82) is 0 Å². The molecule has 1 aromatic rings. The Morgan fingerprint density at radius 2 is 2.18 bits per heavy atom. The quantitative estimate of drug-likeness (QED) is 0.902. The van der Waals surface area contributed by atoms with Gasteiger partial charge in [-0.2, -0.15) is 0 Å². The summed E-state index contributed by atoms with van der Waals surface area (Å²) in [5, 5.41) is 3.11. The summed E-state index contributed by atoms with van der Waals surface area (Å²) in [5.74, 6) is 0.686. The summed E-state index contributed by atoms with van der Waals surface area (Å²) in [7, 11) is 0. The van der Waals surface area contributed by atoms with Crippen LogP contribution in [0.3, 0.4) is 0 Å². The normalized spacial score (nSPS) is 27.6. The van der Waals surface area contributed by atoms with Crippen LogP contribution in [0.25, 0.3) is 0 Å². The number of rotatable bonds is 3. The summed E-state index contributed by atoms with van der Waals surface area (Å²) in [4.78, 5) is 12.6. The van der Waals surface area contributed by atoms with Gasteiger partial charge in [-0.05, 0) is 56.3 Å². The molecule has 0 aromatic heterocycles. The van der Waals surface area contributed by atoms with E-state index in [1.165, 1.54) is 12.1 Å². The van der Waals surface area contributed by atoms with Crippen molar-refractivity contribution in [2.75, 3.05) is 13.2 Å². The van der Waals surface area contributed by atoms with E-state index in [4.69, 9.17) is 10.5 Å². The highest BCUT2D eigenvalue weighted by molar-refractivity contribution is 5.80. The second kappa shape index (κ2) is 6.65. The standard InChI is InChI=1S/C17H23FN2O2/c18-12-6-7-16-14(9-12)15(5-2-8-22-16)20-17(21)13-4-1-3-11(13)10-19/h6-7,9,11,13,15H,1-5,8,10,19H2,(H,20,21)/t11-,13-,15?/m1/s1. The Labute approximate surface area is 130 Å². The van der Waals surface area contributed by atoms with Crippen molar-refractivity contribution in [3.63, 3.8) is 0 Å². The van der Waals surface area contributed by atoms with Crippen LogP contribution < -0.4 is 15.8 Å². The maximum Gasteiger partial charge on any atom is 0.223 e. The van der Waals surface area contributed by atoms with E-state index in [0.717, 1.165) is 37.7 Å². The minimum atomic E-state index is -0.302. The van der Waals surface area contributed by atoms with Crippen LogP contribution >= 0.6 is 0 Å². The molecule has 1 heterocycles. The molecule has 1 unspecified atom stereocenters. The van der Waals surface area contributed by atoms with Crippen molar-refractivity contribution in [2.45, 2.75) is 38.1 Å². The van der Waals surface area contributed by atoms with Crippen LogP contribution in [0.15, 0.2) is 18.2 Å². The molecule has 120 valence electrons. The minimum absolute atomic E-state index is 0.00817. The Kier molecular flexibility index (Phi) is 4.62. The van der Waals surface area contributed by atoms with Crippen LogP contribution in [0.5, 0.6) is 5.75 Å². The SMILES string of the molecule is NC[C@H]1CCC[C@H]1C(=O)NC1CCCOc2ccc(F)cc21. The van der Waals surface area contributed by atoms with E-state index < -0.39 is 0 Å². The van der Waals surface area contributed by atoms with Crippen LogP contribution in [-0.4, -0.2) is 19.1 Å². The molecule has 1 saturated carbocycles. The number of carbonyl (C=O) groups is 1. The van der Waals surface area contributed by atoms with E-state index >= 15 is 0 Å². The first-order valence-corrected chi connectivity index (χ1v) is 8.11. The summed E-state index contributed by atoms with van der Waals surface area (Å²) >= 11 is 0. The fraction of sp³-hybridized carbons (Fsp3) is 0.588. The molecule has 0 bridgehead atoms. The highest BCUT2D eigenvalue weighted by Gasteiger charge is 2.33. The van der Waals surface area contributed by atoms with E-state index in [1.807, 2.05) is 0 Å². The zero-order valence-corrected chi connectivity index (χ0v) is 12.7. The number of ether oxygens (including phenoxy) is 1. The van der Waals surface area contributed by atoms with Crippen LogP contribution in [0, 0.1) is 17.7 Å².